The molecule has 1 unspecified atom stereocenters. The second-order valence-electron chi connectivity index (χ2n) is 2.22. The van der Waals surface area contributed by atoms with Crippen LogP contribution in [0, 0.1) is 0 Å². The molecule has 0 amide bonds. The van der Waals surface area contributed by atoms with Crippen molar-refractivity contribution in [1.82, 2.24) is 0 Å². The Kier molecular flexibility index (Phi) is 2.67. The minimum atomic E-state index is -4.29. The monoisotopic (exact) mass is 263 g/mol. The Morgan fingerprint density at radius 1 is 1.15 bits per heavy atom. The van der Waals surface area contributed by atoms with Gasteiger partial charge in [-0.25, -0.2) is 0 Å². The predicted molar refractivity (Wildman–Crippen MR) is 37.2 cm³/mol. The zero-order chi connectivity index (χ0) is 10.5. The zero-order valence-electron chi connectivity index (χ0n) is 5.67. The summed E-state index contributed by atoms with van der Waals surface area (Å²) < 4.78 is 50.5. The van der Waals surface area contributed by atoms with Crippen LogP contribution in [0.25, 0.3) is 0 Å². The molecule has 9 heteroatoms. The van der Waals surface area contributed by atoms with E-state index in [-0.39, 0.29) is 0 Å². The fourth-order valence-electron chi connectivity index (χ4n) is 0.602. The van der Waals surface area contributed by atoms with Gasteiger partial charge in [0.15, 0.2) is 6.61 Å². The summed E-state index contributed by atoms with van der Waals surface area (Å²) in [6.07, 6.45) is -4.29. The summed E-state index contributed by atoms with van der Waals surface area (Å²) in [7, 11) is 0. The summed E-state index contributed by atoms with van der Waals surface area (Å²) in [5.41, 5.74) is 0. The van der Waals surface area contributed by atoms with Gasteiger partial charge in [0.25, 0.3) is 0 Å². The fraction of sp³-hybridized carbons (Fsp3) is 1.00. The van der Waals surface area contributed by atoms with Crippen molar-refractivity contribution < 1.29 is 27.0 Å². The summed E-state index contributed by atoms with van der Waals surface area (Å²) in [6.45, 7) is -1.53. The third kappa shape index (κ3) is 1.70. The molecular formula is C4H2Cl3F4O2+. The lowest BCUT2D eigenvalue weighted by atomic mass is 10.5. The molecule has 0 aliphatic carbocycles. The van der Waals surface area contributed by atoms with Crippen LogP contribution in [0.3, 0.4) is 0 Å². The first kappa shape index (κ1) is 11.6. The standard InChI is InChI=1S/C4H2Cl3F4O2/c5-3(6)4(7,10)13(11)2(8,9)1-12-3/h1H2/q+1. The number of hydrogen-bond donors (Lipinski definition) is 0. The summed E-state index contributed by atoms with van der Waals surface area (Å²) in [6, 6.07) is 0. The van der Waals surface area contributed by atoms with Crippen molar-refractivity contribution >= 4 is 34.8 Å². The van der Waals surface area contributed by atoms with Gasteiger partial charge in [0, 0.05) is 11.6 Å². The van der Waals surface area contributed by atoms with Gasteiger partial charge >= 0.3 is 15.9 Å². The van der Waals surface area contributed by atoms with Crippen LogP contribution >= 0.6 is 34.8 Å². The van der Waals surface area contributed by atoms with Crippen LogP contribution in [0.15, 0.2) is 0 Å². The minimum Gasteiger partial charge on any atom is -0.320 e. The van der Waals surface area contributed by atoms with E-state index >= 15 is 0 Å². The largest absolute Gasteiger partial charge is 0.542 e. The quantitative estimate of drug-likeness (QED) is 0.372. The molecule has 0 spiro atoms. The van der Waals surface area contributed by atoms with Crippen molar-refractivity contribution in [2.24, 2.45) is 0 Å². The molecule has 0 saturated carbocycles. The summed E-state index contributed by atoms with van der Waals surface area (Å²) >= 11 is 14.6. The lowest BCUT2D eigenvalue weighted by Gasteiger charge is -2.34. The smallest absolute Gasteiger partial charge is 0.320 e. The van der Waals surface area contributed by atoms with Crippen molar-refractivity contribution in [1.29, 1.82) is 0 Å². The topological polar surface area (TPSA) is 11.9 Å². The Morgan fingerprint density at radius 3 is 2.00 bits per heavy atom. The van der Waals surface area contributed by atoms with Crippen LogP contribution in [-0.4, -0.2) is 22.5 Å². The highest BCUT2D eigenvalue weighted by Gasteiger charge is 2.77. The molecule has 0 bridgehead atoms. The van der Waals surface area contributed by atoms with E-state index in [2.05, 4.69) is 16.3 Å². The predicted octanol–water partition coefficient (Wildman–Crippen LogP) is 3.04. The van der Waals surface area contributed by atoms with E-state index in [4.69, 9.17) is 23.2 Å². The van der Waals surface area contributed by atoms with Crippen LogP contribution < -0.4 is 0 Å². The molecule has 0 aromatic carbocycles. The third-order valence-corrected chi connectivity index (χ3v) is 2.55. The van der Waals surface area contributed by atoms with E-state index in [1.807, 2.05) is 0 Å². The van der Waals surface area contributed by atoms with E-state index in [0.29, 0.717) is 0 Å². The highest BCUT2D eigenvalue weighted by Crippen LogP contribution is 2.54. The van der Waals surface area contributed by atoms with Crippen molar-refractivity contribution in [3.8, 4) is 0 Å². The first-order valence-electron chi connectivity index (χ1n) is 2.79. The zero-order valence-corrected chi connectivity index (χ0v) is 7.94. The molecule has 1 aliphatic rings. The average molecular weight is 264 g/mol. The van der Waals surface area contributed by atoms with Crippen LogP contribution in [-0.2, 0) is 9.31 Å². The molecule has 0 radical (unpaired) electrons. The normalized spacial score (nSPS) is 39.0. The molecule has 0 N–H and O–H groups in total. The minimum absolute atomic E-state index is 0.710. The lowest BCUT2D eigenvalue weighted by Crippen LogP contribution is -2.59. The maximum Gasteiger partial charge on any atom is 0.542 e. The number of hydrogen-bond acceptors (Lipinski definition) is 1. The van der Waals surface area contributed by atoms with Gasteiger partial charge in [-0.1, -0.05) is 27.8 Å². The summed E-state index contributed by atoms with van der Waals surface area (Å²) in [5, 5.41) is -3.92. The van der Waals surface area contributed by atoms with Gasteiger partial charge in [-0.3, -0.25) is 0 Å². The van der Waals surface area contributed by atoms with Gasteiger partial charge in [0.2, 0.25) is 0 Å². The number of ether oxygens (including phenoxy) is 1. The molecule has 0 aromatic heterocycles. The molecule has 13 heavy (non-hydrogen) atoms. The van der Waals surface area contributed by atoms with Crippen molar-refractivity contribution in [2.45, 2.75) is 15.9 Å². The second kappa shape index (κ2) is 3.00. The second-order valence-corrected chi connectivity index (χ2v) is 3.96. The van der Waals surface area contributed by atoms with Gasteiger partial charge in [-0.05, 0) is 0 Å². The van der Waals surface area contributed by atoms with E-state index in [1.165, 1.54) is 0 Å². The fourth-order valence-corrected chi connectivity index (χ4v) is 1.01. The van der Waals surface area contributed by atoms with Crippen molar-refractivity contribution in [3.05, 3.63) is 0 Å². The van der Waals surface area contributed by atoms with E-state index < -0.39 is 27.1 Å². The van der Waals surface area contributed by atoms with Crippen LogP contribution in [0.2, 0.25) is 0 Å². The average Bonchev–Trinajstić information content (AvgIpc) is 1.97. The SMILES string of the molecule is F[O+]1C(F)(F)COC(Cl)(Cl)C1(F)Cl. The molecule has 1 rings (SSSR count). The highest BCUT2D eigenvalue weighted by atomic mass is 35.5. The van der Waals surface area contributed by atoms with Gasteiger partial charge in [0.05, 0.1) is 0 Å². The van der Waals surface area contributed by atoms with Crippen LogP contribution in [0.5, 0.6) is 0 Å². The van der Waals surface area contributed by atoms with Gasteiger partial charge < -0.3 is 4.74 Å². The Hall–Kier alpha value is 0.510. The Labute approximate surface area is 84.8 Å². The number of rotatable bonds is 0. The maximum absolute atomic E-state index is 12.9. The Bertz CT molecular complexity index is 221. The van der Waals surface area contributed by atoms with Crippen molar-refractivity contribution in [3.63, 3.8) is 0 Å². The van der Waals surface area contributed by atoms with Gasteiger partial charge in [-0.2, -0.15) is 0 Å². The van der Waals surface area contributed by atoms with Crippen molar-refractivity contribution in [2.75, 3.05) is 6.61 Å². The Balaban J connectivity index is 3.00. The summed E-state index contributed by atoms with van der Waals surface area (Å²) in [4.78, 5) is 0. The molecule has 78 valence electrons. The highest BCUT2D eigenvalue weighted by molar-refractivity contribution is 6.51. The van der Waals surface area contributed by atoms with Gasteiger partial charge in [0.1, 0.15) is 4.53 Å². The molecule has 2 nitrogen and oxygen atoms in total. The maximum atomic E-state index is 12.9. The summed E-state index contributed by atoms with van der Waals surface area (Å²) in [5.74, 6) is 0. The molecule has 0 aromatic rings. The molecule has 1 atom stereocenters. The van der Waals surface area contributed by atoms with E-state index in [0.717, 1.165) is 0 Å². The third-order valence-electron chi connectivity index (χ3n) is 1.25. The molecule has 1 aliphatic heterocycles. The number of halogens is 7. The molecule has 1 heterocycles. The molecular weight excluding hydrogens is 262 g/mol. The van der Waals surface area contributed by atoms with Crippen LogP contribution in [0.4, 0.5) is 17.7 Å². The van der Waals surface area contributed by atoms with Crippen LogP contribution in [0.1, 0.15) is 0 Å². The van der Waals surface area contributed by atoms with E-state index in [1.54, 1.807) is 0 Å². The molecule has 1 saturated heterocycles. The molecule has 1 fully saturated rings. The number of alkyl halides is 6. The first-order valence-corrected chi connectivity index (χ1v) is 3.93. The van der Waals surface area contributed by atoms with E-state index in [9.17, 15) is 17.7 Å². The first-order chi connectivity index (χ1) is 5.61. The lowest BCUT2D eigenvalue weighted by molar-refractivity contribution is -0.590. The Morgan fingerprint density at radius 2 is 1.62 bits per heavy atom. The van der Waals surface area contributed by atoms with Gasteiger partial charge in [-0.15, -0.1) is 13.2 Å².